The number of esters is 1. The molecule has 1 aromatic rings. The minimum absolute atomic E-state index is 0.239. The lowest BCUT2D eigenvalue weighted by Crippen LogP contribution is -2.36. The number of carbonyl (C=O) groups excluding carboxylic acids is 1. The van der Waals surface area contributed by atoms with Gasteiger partial charge in [-0.05, 0) is 27.7 Å². The molecule has 5 nitrogen and oxygen atoms in total. The standard InChI is InChI=1S/C12H18N2O3/c1-5-16-11(15)10-8(2)9-6-17-12(3,4)7-14(9)13-10/h5-7H2,1-4H3. The van der Waals surface area contributed by atoms with Crippen LogP contribution in [-0.2, 0) is 22.6 Å². The third-order valence-corrected chi connectivity index (χ3v) is 2.92. The number of fused-ring (bicyclic) bond motifs is 1. The van der Waals surface area contributed by atoms with Crippen LogP contribution in [0.2, 0.25) is 0 Å². The molecule has 17 heavy (non-hydrogen) atoms. The van der Waals surface area contributed by atoms with Gasteiger partial charge in [0.15, 0.2) is 5.69 Å². The second kappa shape index (κ2) is 4.14. The van der Waals surface area contributed by atoms with Crippen LogP contribution >= 0.6 is 0 Å². The molecule has 0 amide bonds. The number of hydrogen-bond acceptors (Lipinski definition) is 4. The van der Waals surface area contributed by atoms with Gasteiger partial charge in [0.2, 0.25) is 0 Å². The van der Waals surface area contributed by atoms with Crippen molar-refractivity contribution < 1.29 is 14.3 Å². The summed E-state index contributed by atoms with van der Waals surface area (Å²) in [7, 11) is 0. The number of ether oxygens (including phenoxy) is 2. The van der Waals surface area contributed by atoms with Gasteiger partial charge in [0.25, 0.3) is 0 Å². The Balaban J connectivity index is 2.34. The highest BCUT2D eigenvalue weighted by atomic mass is 16.5. The van der Waals surface area contributed by atoms with E-state index in [1.165, 1.54) is 0 Å². The summed E-state index contributed by atoms with van der Waals surface area (Å²) < 4.78 is 12.5. The molecule has 2 heterocycles. The van der Waals surface area contributed by atoms with Crippen molar-refractivity contribution in [3.63, 3.8) is 0 Å². The van der Waals surface area contributed by atoms with Crippen molar-refractivity contribution in [1.82, 2.24) is 9.78 Å². The summed E-state index contributed by atoms with van der Waals surface area (Å²) >= 11 is 0. The molecule has 1 aliphatic heterocycles. The van der Waals surface area contributed by atoms with Crippen molar-refractivity contribution >= 4 is 5.97 Å². The first-order valence-electron chi connectivity index (χ1n) is 5.82. The minimum Gasteiger partial charge on any atom is -0.461 e. The summed E-state index contributed by atoms with van der Waals surface area (Å²) in [5, 5.41) is 4.33. The average Bonchev–Trinajstić information content (AvgIpc) is 2.54. The Bertz CT molecular complexity index is 449. The second-order valence-corrected chi connectivity index (χ2v) is 4.85. The van der Waals surface area contributed by atoms with Gasteiger partial charge >= 0.3 is 5.97 Å². The van der Waals surface area contributed by atoms with Gasteiger partial charge in [-0.25, -0.2) is 4.79 Å². The summed E-state index contributed by atoms with van der Waals surface area (Å²) in [4.78, 5) is 11.7. The van der Waals surface area contributed by atoms with E-state index in [1.807, 2.05) is 25.5 Å². The summed E-state index contributed by atoms with van der Waals surface area (Å²) in [6.07, 6.45) is 0. The monoisotopic (exact) mass is 238 g/mol. The molecule has 1 aromatic heterocycles. The highest BCUT2D eigenvalue weighted by Crippen LogP contribution is 2.26. The van der Waals surface area contributed by atoms with Gasteiger partial charge in [-0.15, -0.1) is 0 Å². The molecule has 0 bridgehead atoms. The number of hydrogen-bond donors (Lipinski definition) is 0. The van der Waals surface area contributed by atoms with Crippen LogP contribution in [-0.4, -0.2) is 28.0 Å². The van der Waals surface area contributed by atoms with E-state index in [1.54, 1.807) is 6.92 Å². The molecule has 2 rings (SSSR count). The smallest absolute Gasteiger partial charge is 0.359 e. The maximum Gasteiger partial charge on any atom is 0.359 e. The molecule has 0 radical (unpaired) electrons. The lowest BCUT2D eigenvalue weighted by Gasteiger charge is -2.30. The van der Waals surface area contributed by atoms with Crippen molar-refractivity contribution in [1.29, 1.82) is 0 Å². The van der Waals surface area contributed by atoms with Crippen LogP contribution < -0.4 is 0 Å². The molecule has 0 fully saturated rings. The average molecular weight is 238 g/mol. The van der Waals surface area contributed by atoms with E-state index < -0.39 is 0 Å². The maximum absolute atomic E-state index is 11.7. The van der Waals surface area contributed by atoms with E-state index in [0.29, 0.717) is 25.5 Å². The Labute approximate surface area is 101 Å². The Hall–Kier alpha value is -1.36. The van der Waals surface area contributed by atoms with E-state index in [0.717, 1.165) is 11.3 Å². The third-order valence-electron chi connectivity index (χ3n) is 2.92. The molecule has 0 unspecified atom stereocenters. The van der Waals surface area contributed by atoms with Gasteiger partial charge in [-0.1, -0.05) is 0 Å². The van der Waals surface area contributed by atoms with E-state index in [2.05, 4.69) is 5.10 Å². The fourth-order valence-electron chi connectivity index (χ4n) is 1.96. The van der Waals surface area contributed by atoms with Gasteiger partial charge < -0.3 is 9.47 Å². The molecule has 0 N–H and O–H groups in total. The molecule has 0 aliphatic carbocycles. The van der Waals surface area contributed by atoms with E-state index >= 15 is 0 Å². The SMILES string of the molecule is CCOC(=O)c1nn2c(c1C)COC(C)(C)C2. The lowest BCUT2D eigenvalue weighted by atomic mass is 10.1. The van der Waals surface area contributed by atoms with E-state index in [9.17, 15) is 4.79 Å². The predicted octanol–water partition coefficient (Wildman–Crippen LogP) is 1.68. The lowest BCUT2D eigenvalue weighted by molar-refractivity contribution is -0.0663. The normalized spacial score (nSPS) is 17.6. The molecule has 5 heteroatoms. The number of rotatable bonds is 2. The zero-order valence-corrected chi connectivity index (χ0v) is 10.7. The largest absolute Gasteiger partial charge is 0.461 e. The predicted molar refractivity (Wildman–Crippen MR) is 61.8 cm³/mol. The molecule has 0 saturated heterocycles. The van der Waals surface area contributed by atoms with E-state index in [4.69, 9.17) is 9.47 Å². The van der Waals surface area contributed by atoms with Crippen molar-refractivity contribution in [2.45, 2.75) is 46.4 Å². The molecule has 1 aliphatic rings. The van der Waals surface area contributed by atoms with Crippen LogP contribution in [0.15, 0.2) is 0 Å². The number of aromatic nitrogens is 2. The van der Waals surface area contributed by atoms with Crippen LogP contribution in [0.4, 0.5) is 0 Å². The van der Waals surface area contributed by atoms with Crippen molar-refractivity contribution in [2.24, 2.45) is 0 Å². The second-order valence-electron chi connectivity index (χ2n) is 4.85. The molecular weight excluding hydrogens is 220 g/mol. The summed E-state index contributed by atoms with van der Waals surface area (Å²) in [6.45, 7) is 9.20. The Morgan fingerprint density at radius 2 is 2.29 bits per heavy atom. The van der Waals surface area contributed by atoms with Gasteiger partial charge in [0.1, 0.15) is 0 Å². The van der Waals surface area contributed by atoms with Gasteiger partial charge in [-0.3, -0.25) is 4.68 Å². The quantitative estimate of drug-likeness (QED) is 0.735. The molecular formula is C12H18N2O3. The van der Waals surface area contributed by atoms with Crippen LogP contribution in [0.5, 0.6) is 0 Å². The summed E-state index contributed by atoms with van der Waals surface area (Å²) in [5.41, 5.74) is 1.99. The zero-order chi connectivity index (χ0) is 12.6. The fourth-order valence-corrected chi connectivity index (χ4v) is 1.96. The van der Waals surface area contributed by atoms with Crippen LogP contribution in [0.25, 0.3) is 0 Å². The topological polar surface area (TPSA) is 53.3 Å². The summed E-state index contributed by atoms with van der Waals surface area (Å²) in [6, 6.07) is 0. The van der Waals surface area contributed by atoms with Gasteiger partial charge in [0.05, 0.1) is 31.1 Å². The van der Waals surface area contributed by atoms with Gasteiger partial charge in [0, 0.05) is 5.56 Å². The van der Waals surface area contributed by atoms with Crippen LogP contribution in [0.3, 0.4) is 0 Å². The molecule has 0 spiro atoms. The van der Waals surface area contributed by atoms with Crippen molar-refractivity contribution in [2.75, 3.05) is 6.61 Å². The highest BCUT2D eigenvalue weighted by Gasteiger charge is 2.30. The number of carbonyl (C=O) groups is 1. The first kappa shape index (κ1) is 12.1. The van der Waals surface area contributed by atoms with Gasteiger partial charge in [-0.2, -0.15) is 5.10 Å². The third kappa shape index (κ3) is 2.20. The first-order chi connectivity index (χ1) is 7.94. The number of nitrogens with zero attached hydrogens (tertiary/aromatic N) is 2. The first-order valence-corrected chi connectivity index (χ1v) is 5.82. The van der Waals surface area contributed by atoms with Crippen molar-refractivity contribution in [3.05, 3.63) is 17.0 Å². The molecule has 0 atom stereocenters. The minimum atomic E-state index is -0.357. The summed E-state index contributed by atoms with van der Waals surface area (Å²) in [5.74, 6) is -0.357. The van der Waals surface area contributed by atoms with Crippen LogP contribution in [0, 0.1) is 6.92 Å². The molecule has 94 valence electrons. The Kier molecular flexibility index (Phi) is 2.95. The van der Waals surface area contributed by atoms with E-state index in [-0.39, 0.29) is 11.6 Å². The maximum atomic E-state index is 11.7. The van der Waals surface area contributed by atoms with Crippen LogP contribution in [0.1, 0.15) is 42.5 Å². The molecule has 0 saturated carbocycles. The van der Waals surface area contributed by atoms with Crippen molar-refractivity contribution in [3.8, 4) is 0 Å². The fraction of sp³-hybridized carbons (Fsp3) is 0.667. The Morgan fingerprint density at radius 3 is 2.94 bits per heavy atom. The Morgan fingerprint density at radius 1 is 1.59 bits per heavy atom. The molecule has 0 aromatic carbocycles. The highest BCUT2D eigenvalue weighted by molar-refractivity contribution is 5.89. The zero-order valence-electron chi connectivity index (χ0n) is 10.7.